The predicted octanol–water partition coefficient (Wildman–Crippen LogP) is 6.35. The summed E-state index contributed by atoms with van der Waals surface area (Å²) in [4.78, 5) is 23.0. The van der Waals surface area contributed by atoms with Gasteiger partial charge < -0.3 is 9.88 Å². The van der Waals surface area contributed by atoms with E-state index in [0.717, 1.165) is 59.5 Å². The molecule has 0 fully saturated rings. The van der Waals surface area contributed by atoms with Gasteiger partial charge in [0.15, 0.2) is 0 Å². The molecule has 0 spiro atoms. The number of anilines is 1. The highest BCUT2D eigenvalue weighted by molar-refractivity contribution is 6.42. The van der Waals surface area contributed by atoms with E-state index in [1.807, 2.05) is 30.9 Å². The molecule has 3 aromatic rings. The third-order valence-electron chi connectivity index (χ3n) is 5.52. The van der Waals surface area contributed by atoms with Gasteiger partial charge in [-0.2, -0.15) is 0 Å². The number of rotatable bonds is 5. The van der Waals surface area contributed by atoms with Crippen LogP contribution in [0.4, 0.5) is 5.69 Å². The molecule has 1 amide bonds. The molecule has 0 aliphatic carbocycles. The Morgan fingerprint density at radius 3 is 2.61 bits per heavy atom. The zero-order chi connectivity index (χ0) is 20.1. The van der Waals surface area contributed by atoms with Crippen molar-refractivity contribution in [1.82, 2.24) is 9.97 Å². The van der Waals surface area contributed by atoms with Gasteiger partial charge in [0, 0.05) is 12.1 Å². The molecule has 0 radical (unpaired) electrons. The second-order valence-corrected chi connectivity index (χ2v) is 8.70. The quantitative estimate of drug-likeness (QED) is 0.493. The summed E-state index contributed by atoms with van der Waals surface area (Å²) in [7, 11) is 0. The molecule has 0 atom stereocenters. The number of aromatic nitrogens is 2. The van der Waals surface area contributed by atoms with Gasteiger partial charge in [-0.1, -0.05) is 43.0 Å². The molecule has 0 saturated heterocycles. The lowest BCUT2D eigenvalue weighted by molar-refractivity contribution is -0.122. The third kappa shape index (κ3) is 3.09. The zero-order valence-electron chi connectivity index (χ0n) is 16.3. The number of benzene rings is 2. The molecule has 4 nitrogen and oxygen atoms in total. The van der Waals surface area contributed by atoms with Crippen molar-refractivity contribution in [3.63, 3.8) is 0 Å². The smallest absolute Gasteiger partial charge is 0.237 e. The molecule has 1 aromatic heterocycles. The van der Waals surface area contributed by atoms with E-state index in [0.29, 0.717) is 10.0 Å². The molecule has 0 saturated carbocycles. The van der Waals surface area contributed by atoms with E-state index in [-0.39, 0.29) is 5.91 Å². The van der Waals surface area contributed by atoms with Gasteiger partial charge in [0.05, 0.1) is 32.2 Å². The highest BCUT2D eigenvalue weighted by Gasteiger charge is 2.43. The van der Waals surface area contributed by atoms with Gasteiger partial charge in [0.25, 0.3) is 0 Å². The standard InChI is InChI=1S/C22H23Cl2N3O/c1-4-5-6-9-27-19-12-18-17(11-14(19)22(2,3)21(27)28)25-20(26-18)13-7-8-15(23)16(24)10-13/h7-8,10-12H,4-6,9H2,1-3H3,(H,25,26). The highest BCUT2D eigenvalue weighted by atomic mass is 35.5. The maximum Gasteiger partial charge on any atom is 0.237 e. The van der Waals surface area contributed by atoms with E-state index < -0.39 is 5.41 Å². The van der Waals surface area contributed by atoms with E-state index >= 15 is 0 Å². The molecule has 0 bridgehead atoms. The second-order valence-electron chi connectivity index (χ2n) is 7.89. The molecule has 0 unspecified atom stereocenters. The van der Waals surface area contributed by atoms with Crippen LogP contribution in [0.25, 0.3) is 22.4 Å². The van der Waals surface area contributed by atoms with Gasteiger partial charge in [-0.05, 0) is 56.2 Å². The number of carbonyl (C=O) groups excluding carboxylic acids is 1. The van der Waals surface area contributed by atoms with E-state index in [4.69, 9.17) is 28.2 Å². The molecule has 2 heterocycles. The fraction of sp³-hybridized carbons (Fsp3) is 0.364. The van der Waals surface area contributed by atoms with Crippen LogP contribution in [0.2, 0.25) is 10.0 Å². The first-order chi connectivity index (χ1) is 13.3. The van der Waals surface area contributed by atoms with Crippen LogP contribution in [-0.4, -0.2) is 22.4 Å². The van der Waals surface area contributed by atoms with E-state index in [1.54, 1.807) is 12.1 Å². The SMILES string of the molecule is CCCCCN1C(=O)C(C)(C)c2cc3[nH]c(-c4ccc(Cl)c(Cl)c4)nc3cc21. The summed E-state index contributed by atoms with van der Waals surface area (Å²) < 4.78 is 0. The van der Waals surface area contributed by atoms with Crippen LogP contribution < -0.4 is 4.90 Å². The van der Waals surface area contributed by atoms with Gasteiger partial charge >= 0.3 is 0 Å². The lowest BCUT2D eigenvalue weighted by atomic mass is 9.86. The summed E-state index contributed by atoms with van der Waals surface area (Å²) >= 11 is 12.2. The molecule has 1 aliphatic heterocycles. The molecular weight excluding hydrogens is 393 g/mol. The Labute approximate surface area is 174 Å². The average Bonchev–Trinajstić information content (AvgIpc) is 3.15. The maximum atomic E-state index is 13.0. The maximum absolute atomic E-state index is 13.0. The van der Waals surface area contributed by atoms with Crippen molar-refractivity contribution in [1.29, 1.82) is 0 Å². The van der Waals surface area contributed by atoms with Crippen molar-refractivity contribution in [2.75, 3.05) is 11.4 Å². The highest BCUT2D eigenvalue weighted by Crippen LogP contribution is 2.43. The molecule has 1 N–H and O–H groups in total. The molecule has 1 aliphatic rings. The lowest BCUT2D eigenvalue weighted by Crippen LogP contribution is -2.36. The van der Waals surface area contributed by atoms with Crippen LogP contribution in [-0.2, 0) is 10.2 Å². The van der Waals surface area contributed by atoms with Crippen LogP contribution in [0.1, 0.15) is 45.6 Å². The number of fused-ring (bicyclic) bond motifs is 2. The largest absolute Gasteiger partial charge is 0.338 e. The average molecular weight is 416 g/mol. The van der Waals surface area contributed by atoms with Gasteiger partial charge in [-0.3, -0.25) is 4.79 Å². The number of H-pyrrole nitrogens is 1. The van der Waals surface area contributed by atoms with Gasteiger partial charge in [0.1, 0.15) is 5.82 Å². The number of carbonyl (C=O) groups is 1. The number of unbranched alkanes of at least 4 members (excludes halogenated alkanes) is 2. The summed E-state index contributed by atoms with van der Waals surface area (Å²) in [6.07, 6.45) is 3.25. The monoisotopic (exact) mass is 415 g/mol. The third-order valence-corrected chi connectivity index (χ3v) is 6.26. The molecular formula is C22H23Cl2N3O. The zero-order valence-corrected chi connectivity index (χ0v) is 17.8. The van der Waals surface area contributed by atoms with E-state index in [1.165, 1.54) is 0 Å². The fourth-order valence-corrected chi connectivity index (χ4v) is 4.15. The van der Waals surface area contributed by atoms with Crippen LogP contribution in [0.5, 0.6) is 0 Å². The Balaban J connectivity index is 1.78. The number of aromatic amines is 1. The predicted molar refractivity (Wildman–Crippen MR) is 116 cm³/mol. The number of hydrogen-bond donors (Lipinski definition) is 1. The van der Waals surface area contributed by atoms with Crippen molar-refractivity contribution in [2.24, 2.45) is 0 Å². The molecule has 2 aromatic carbocycles. The van der Waals surface area contributed by atoms with Crippen LogP contribution in [0, 0.1) is 0 Å². The molecule has 28 heavy (non-hydrogen) atoms. The summed E-state index contributed by atoms with van der Waals surface area (Å²) in [5, 5.41) is 1.01. The van der Waals surface area contributed by atoms with Gasteiger partial charge in [-0.25, -0.2) is 4.98 Å². The summed E-state index contributed by atoms with van der Waals surface area (Å²) in [5.41, 5.74) is 4.12. The van der Waals surface area contributed by atoms with E-state index in [9.17, 15) is 4.79 Å². The Bertz CT molecular complexity index is 1070. The molecule has 6 heteroatoms. The first-order valence-corrected chi connectivity index (χ1v) is 10.4. The Kier molecular flexibility index (Phi) is 4.88. The Morgan fingerprint density at radius 1 is 1.11 bits per heavy atom. The van der Waals surface area contributed by atoms with Gasteiger partial charge in [0.2, 0.25) is 5.91 Å². The van der Waals surface area contributed by atoms with Crippen molar-refractivity contribution in [2.45, 2.75) is 45.4 Å². The molecule has 4 rings (SSSR count). The minimum Gasteiger partial charge on any atom is -0.338 e. The van der Waals surface area contributed by atoms with Crippen molar-refractivity contribution < 1.29 is 4.79 Å². The number of nitrogens with one attached hydrogen (secondary N) is 1. The molecule has 146 valence electrons. The Morgan fingerprint density at radius 2 is 1.89 bits per heavy atom. The van der Waals surface area contributed by atoms with Crippen LogP contribution >= 0.6 is 23.2 Å². The fourth-order valence-electron chi connectivity index (χ4n) is 3.85. The van der Waals surface area contributed by atoms with Crippen LogP contribution in [0.15, 0.2) is 30.3 Å². The minimum atomic E-state index is -0.537. The first-order valence-electron chi connectivity index (χ1n) is 9.64. The summed E-state index contributed by atoms with van der Waals surface area (Å²) in [6, 6.07) is 9.56. The first kappa shape index (κ1) is 19.3. The summed E-state index contributed by atoms with van der Waals surface area (Å²) in [5.74, 6) is 0.898. The number of hydrogen-bond acceptors (Lipinski definition) is 2. The normalized spacial score (nSPS) is 15.5. The Hall–Kier alpha value is -2.04. The number of nitrogens with zero attached hydrogens (tertiary/aromatic N) is 2. The second kappa shape index (κ2) is 7.09. The van der Waals surface area contributed by atoms with Gasteiger partial charge in [-0.15, -0.1) is 0 Å². The minimum absolute atomic E-state index is 0.163. The number of halogens is 2. The van der Waals surface area contributed by atoms with Crippen molar-refractivity contribution in [3.05, 3.63) is 45.9 Å². The number of imidazole rings is 1. The number of amides is 1. The van der Waals surface area contributed by atoms with Crippen LogP contribution in [0.3, 0.4) is 0 Å². The lowest BCUT2D eigenvalue weighted by Gasteiger charge is -2.20. The van der Waals surface area contributed by atoms with Crippen molar-refractivity contribution in [3.8, 4) is 11.4 Å². The van der Waals surface area contributed by atoms with E-state index in [2.05, 4.69) is 18.0 Å². The summed E-state index contributed by atoms with van der Waals surface area (Å²) in [6.45, 7) is 6.91. The topological polar surface area (TPSA) is 49.0 Å². The van der Waals surface area contributed by atoms with Crippen molar-refractivity contribution >= 4 is 45.8 Å².